The Hall–Kier alpha value is -2.35. The van der Waals surface area contributed by atoms with Crippen LogP contribution >= 0.6 is 22.9 Å². The van der Waals surface area contributed by atoms with Crippen molar-refractivity contribution in [3.05, 3.63) is 47.5 Å². The van der Waals surface area contributed by atoms with E-state index in [4.69, 9.17) is 25.8 Å². The normalized spacial score (nSPS) is 16.1. The van der Waals surface area contributed by atoms with Crippen LogP contribution in [0.25, 0.3) is 10.2 Å². The number of thiazole rings is 1. The summed E-state index contributed by atoms with van der Waals surface area (Å²) in [6.45, 7) is 1.10. The van der Waals surface area contributed by atoms with Crippen LogP contribution < -0.4 is 14.4 Å². The smallest absolute Gasteiger partial charge is 0.266 e. The summed E-state index contributed by atoms with van der Waals surface area (Å²) in [6.07, 6.45) is 1.94. The number of methoxy groups -OCH3 is 1. The van der Waals surface area contributed by atoms with Crippen LogP contribution in [0.4, 0.5) is 5.13 Å². The maximum Gasteiger partial charge on any atom is 0.266 e. The molecule has 3 aromatic rings. The van der Waals surface area contributed by atoms with Crippen molar-refractivity contribution in [3.63, 3.8) is 0 Å². The lowest BCUT2D eigenvalue weighted by Gasteiger charge is -2.23. The van der Waals surface area contributed by atoms with Gasteiger partial charge in [0, 0.05) is 11.6 Å². The Balaban J connectivity index is 1.52. The molecular formula is C21H21ClN2O4S. The van der Waals surface area contributed by atoms with Crippen molar-refractivity contribution in [1.82, 2.24) is 4.98 Å². The van der Waals surface area contributed by atoms with Crippen molar-refractivity contribution in [3.8, 4) is 11.5 Å². The van der Waals surface area contributed by atoms with Gasteiger partial charge in [-0.3, -0.25) is 9.69 Å². The number of fused-ring (bicyclic) bond motifs is 1. The number of hydrogen-bond acceptors (Lipinski definition) is 6. The lowest BCUT2D eigenvalue weighted by molar-refractivity contribution is -0.120. The summed E-state index contributed by atoms with van der Waals surface area (Å²) in [5, 5.41) is 1.27. The average molecular weight is 433 g/mol. The summed E-state index contributed by atoms with van der Waals surface area (Å²) < 4.78 is 17.5. The largest absolute Gasteiger partial charge is 0.497 e. The topological polar surface area (TPSA) is 60.9 Å². The molecule has 0 N–H and O–H groups in total. The minimum absolute atomic E-state index is 0.00976. The fourth-order valence-corrected chi connectivity index (χ4v) is 4.44. The summed E-state index contributed by atoms with van der Waals surface area (Å²) in [5.74, 6) is 1.17. The van der Waals surface area contributed by atoms with E-state index in [0.29, 0.717) is 22.4 Å². The number of benzene rings is 2. The van der Waals surface area contributed by atoms with Crippen LogP contribution in [0.3, 0.4) is 0 Å². The molecule has 1 amide bonds. The lowest BCUT2D eigenvalue weighted by atomic mass is 10.2. The van der Waals surface area contributed by atoms with Crippen molar-refractivity contribution < 1.29 is 19.0 Å². The Morgan fingerprint density at radius 1 is 1.28 bits per heavy atom. The van der Waals surface area contributed by atoms with Crippen molar-refractivity contribution >= 4 is 44.2 Å². The number of nitrogens with zero attached hydrogens (tertiary/aromatic N) is 2. The third-order valence-electron chi connectivity index (χ3n) is 4.70. The predicted octanol–water partition coefficient (Wildman–Crippen LogP) is 4.55. The second-order valence-electron chi connectivity index (χ2n) is 6.71. The second-order valence-corrected chi connectivity index (χ2v) is 8.16. The van der Waals surface area contributed by atoms with E-state index in [9.17, 15) is 4.79 Å². The van der Waals surface area contributed by atoms with E-state index in [2.05, 4.69) is 4.98 Å². The number of aromatic nitrogens is 1. The van der Waals surface area contributed by atoms with E-state index in [1.807, 2.05) is 12.1 Å². The highest BCUT2D eigenvalue weighted by atomic mass is 35.5. The number of amides is 1. The molecule has 152 valence electrons. The number of ether oxygens (including phenoxy) is 3. The number of anilines is 1. The maximum absolute atomic E-state index is 13.0. The van der Waals surface area contributed by atoms with E-state index in [1.165, 1.54) is 11.3 Å². The Morgan fingerprint density at radius 2 is 2.07 bits per heavy atom. The van der Waals surface area contributed by atoms with Gasteiger partial charge in [0.25, 0.3) is 5.91 Å². The molecule has 2 aromatic carbocycles. The van der Waals surface area contributed by atoms with Gasteiger partial charge in [-0.1, -0.05) is 22.9 Å². The molecule has 1 atom stereocenters. The minimum Gasteiger partial charge on any atom is -0.497 e. The molecule has 0 bridgehead atoms. The molecule has 1 unspecified atom stereocenters. The highest BCUT2D eigenvalue weighted by Gasteiger charge is 2.26. The van der Waals surface area contributed by atoms with Crippen molar-refractivity contribution in [1.29, 1.82) is 0 Å². The first-order valence-corrected chi connectivity index (χ1v) is 10.6. The fraction of sp³-hybridized carbons (Fsp3) is 0.333. The molecular weight excluding hydrogens is 412 g/mol. The molecule has 8 heteroatoms. The van der Waals surface area contributed by atoms with Gasteiger partial charge in [0.1, 0.15) is 11.5 Å². The molecule has 1 aliphatic heterocycles. The average Bonchev–Trinajstić information content (AvgIpc) is 3.39. The number of hydrogen-bond donors (Lipinski definition) is 0. The SMILES string of the molecule is COc1ccc(OCC(=O)N(CC2CCCO2)c2nc3ccc(Cl)cc3s2)cc1. The molecule has 1 fully saturated rings. The molecule has 2 heterocycles. The van der Waals surface area contributed by atoms with Crippen LogP contribution in [-0.2, 0) is 9.53 Å². The standard InChI is InChI=1S/C21H21ClN2O4S/c1-26-15-5-7-16(8-6-15)28-13-20(25)24(12-17-3-2-10-27-17)21-23-18-9-4-14(22)11-19(18)29-21/h4-9,11,17H,2-3,10,12-13H2,1H3. The van der Waals surface area contributed by atoms with E-state index in [-0.39, 0.29) is 18.6 Å². The number of carbonyl (C=O) groups excluding carboxylic acids is 1. The number of halogens is 1. The van der Waals surface area contributed by atoms with Crippen molar-refractivity contribution in [2.75, 3.05) is 31.8 Å². The molecule has 6 nitrogen and oxygen atoms in total. The Morgan fingerprint density at radius 3 is 2.79 bits per heavy atom. The molecule has 1 aliphatic rings. The van der Waals surface area contributed by atoms with Gasteiger partial charge >= 0.3 is 0 Å². The van der Waals surface area contributed by atoms with Crippen LogP contribution in [0.5, 0.6) is 11.5 Å². The highest BCUT2D eigenvalue weighted by molar-refractivity contribution is 7.22. The first kappa shape index (κ1) is 19.9. The third-order valence-corrected chi connectivity index (χ3v) is 5.98. The predicted molar refractivity (Wildman–Crippen MR) is 114 cm³/mol. The van der Waals surface area contributed by atoms with Gasteiger partial charge in [0.15, 0.2) is 11.7 Å². The Bertz CT molecular complexity index is 986. The zero-order valence-corrected chi connectivity index (χ0v) is 17.5. The van der Waals surface area contributed by atoms with Gasteiger partial charge < -0.3 is 14.2 Å². The number of rotatable bonds is 7. The summed E-state index contributed by atoms with van der Waals surface area (Å²) in [5.41, 5.74) is 0.815. The monoisotopic (exact) mass is 432 g/mol. The van der Waals surface area contributed by atoms with Crippen LogP contribution in [0.15, 0.2) is 42.5 Å². The maximum atomic E-state index is 13.0. The molecule has 0 saturated carbocycles. The fourth-order valence-electron chi connectivity index (χ4n) is 3.18. The van der Waals surface area contributed by atoms with Crippen molar-refractivity contribution in [2.24, 2.45) is 0 Å². The van der Waals surface area contributed by atoms with E-state index in [0.717, 1.165) is 35.4 Å². The molecule has 1 saturated heterocycles. The van der Waals surface area contributed by atoms with Crippen LogP contribution in [0.2, 0.25) is 5.02 Å². The summed E-state index contributed by atoms with van der Waals surface area (Å²) in [4.78, 5) is 19.3. The first-order chi connectivity index (χ1) is 14.1. The quantitative estimate of drug-likeness (QED) is 0.548. The Labute approximate surface area is 178 Å². The zero-order chi connectivity index (χ0) is 20.2. The van der Waals surface area contributed by atoms with E-state index in [1.54, 1.807) is 42.3 Å². The second kappa shape index (κ2) is 8.98. The zero-order valence-electron chi connectivity index (χ0n) is 16.0. The molecule has 0 radical (unpaired) electrons. The molecule has 1 aromatic heterocycles. The van der Waals surface area contributed by atoms with Gasteiger partial charge in [0.2, 0.25) is 0 Å². The first-order valence-electron chi connectivity index (χ1n) is 9.37. The molecule has 0 spiro atoms. The Kier molecular flexibility index (Phi) is 6.18. The van der Waals surface area contributed by atoms with Gasteiger partial charge in [-0.15, -0.1) is 0 Å². The molecule has 0 aliphatic carbocycles. The van der Waals surface area contributed by atoms with E-state index < -0.39 is 0 Å². The van der Waals surface area contributed by atoms with Gasteiger partial charge in [-0.25, -0.2) is 4.98 Å². The molecule has 4 rings (SSSR count). The minimum atomic E-state index is -0.165. The van der Waals surface area contributed by atoms with Crippen LogP contribution in [0, 0.1) is 0 Å². The molecule has 29 heavy (non-hydrogen) atoms. The van der Waals surface area contributed by atoms with E-state index >= 15 is 0 Å². The summed E-state index contributed by atoms with van der Waals surface area (Å²) in [7, 11) is 1.60. The van der Waals surface area contributed by atoms with Crippen molar-refractivity contribution in [2.45, 2.75) is 18.9 Å². The summed E-state index contributed by atoms with van der Waals surface area (Å²) in [6, 6.07) is 12.7. The van der Waals surface area contributed by atoms with Gasteiger partial charge in [0.05, 0.1) is 30.0 Å². The van der Waals surface area contributed by atoms with Crippen LogP contribution in [0.1, 0.15) is 12.8 Å². The highest BCUT2D eigenvalue weighted by Crippen LogP contribution is 2.32. The van der Waals surface area contributed by atoms with Gasteiger partial charge in [-0.2, -0.15) is 0 Å². The lowest BCUT2D eigenvalue weighted by Crippen LogP contribution is -2.40. The number of carbonyl (C=O) groups is 1. The van der Waals surface area contributed by atoms with Gasteiger partial charge in [-0.05, 0) is 55.3 Å². The van der Waals surface area contributed by atoms with Crippen LogP contribution in [-0.4, -0.2) is 43.9 Å². The summed E-state index contributed by atoms with van der Waals surface area (Å²) >= 11 is 7.54. The third kappa shape index (κ3) is 4.80.